The van der Waals surface area contributed by atoms with E-state index in [1.807, 2.05) is 19.1 Å². The summed E-state index contributed by atoms with van der Waals surface area (Å²) < 4.78 is 5.05. The Morgan fingerprint density at radius 1 is 1.53 bits per heavy atom. The number of allylic oxidation sites excluding steroid dienone is 2. The number of nitrogens with one attached hydrogen (secondary N) is 1. The number of hydrogen-bond acceptors (Lipinski definition) is 4. The SMILES string of the molecule is C=C(C=CC1C(C(=O)OCC)C1(C)C)NOC. The number of hydroxylamine groups is 1. The maximum absolute atomic E-state index is 11.7. The van der Waals surface area contributed by atoms with Gasteiger partial charge in [0.2, 0.25) is 0 Å². The van der Waals surface area contributed by atoms with Crippen LogP contribution >= 0.6 is 0 Å². The largest absolute Gasteiger partial charge is 0.466 e. The Morgan fingerprint density at radius 3 is 2.71 bits per heavy atom. The van der Waals surface area contributed by atoms with Crippen molar-refractivity contribution in [2.75, 3.05) is 13.7 Å². The van der Waals surface area contributed by atoms with Gasteiger partial charge in [-0.1, -0.05) is 26.5 Å². The molecule has 1 fully saturated rings. The van der Waals surface area contributed by atoms with Crippen LogP contribution in [0.4, 0.5) is 0 Å². The van der Waals surface area contributed by atoms with E-state index in [1.165, 1.54) is 7.11 Å². The standard InChI is InChI=1S/C13H21NO3/c1-6-17-12(15)11-10(13(11,3)4)8-7-9(2)14-16-5/h7-8,10-11,14H,2,6H2,1,3-5H3. The Bertz CT molecular complexity index is 334. The van der Waals surface area contributed by atoms with Crippen LogP contribution in [0, 0.1) is 17.3 Å². The molecule has 1 N–H and O–H groups in total. The molecule has 1 aliphatic rings. The molecule has 0 spiro atoms. The Hall–Kier alpha value is -1.29. The summed E-state index contributed by atoms with van der Waals surface area (Å²) >= 11 is 0. The van der Waals surface area contributed by atoms with Crippen molar-refractivity contribution in [1.82, 2.24) is 5.48 Å². The zero-order valence-electron chi connectivity index (χ0n) is 10.9. The average molecular weight is 239 g/mol. The van der Waals surface area contributed by atoms with Crippen LogP contribution in [0.3, 0.4) is 0 Å². The van der Waals surface area contributed by atoms with Gasteiger partial charge in [-0.15, -0.1) is 0 Å². The number of rotatable bonds is 6. The first-order valence-corrected chi connectivity index (χ1v) is 5.77. The summed E-state index contributed by atoms with van der Waals surface area (Å²) in [6, 6.07) is 0. The summed E-state index contributed by atoms with van der Waals surface area (Å²) in [5.74, 6) is 0.0449. The van der Waals surface area contributed by atoms with Crippen molar-refractivity contribution in [3.8, 4) is 0 Å². The van der Waals surface area contributed by atoms with Gasteiger partial charge in [-0.2, -0.15) is 0 Å². The molecule has 0 aliphatic heterocycles. The Balaban J connectivity index is 2.56. The van der Waals surface area contributed by atoms with Crippen molar-refractivity contribution < 1.29 is 14.4 Å². The molecule has 1 saturated carbocycles. The highest BCUT2D eigenvalue weighted by Gasteiger charge is 2.61. The smallest absolute Gasteiger partial charge is 0.310 e. The molecule has 0 bridgehead atoms. The van der Waals surface area contributed by atoms with Crippen LogP contribution in [0.5, 0.6) is 0 Å². The van der Waals surface area contributed by atoms with Crippen molar-refractivity contribution >= 4 is 5.97 Å². The molecule has 4 nitrogen and oxygen atoms in total. The number of ether oxygens (including phenoxy) is 1. The van der Waals surface area contributed by atoms with E-state index in [4.69, 9.17) is 9.57 Å². The number of esters is 1. The molecule has 2 unspecified atom stereocenters. The summed E-state index contributed by atoms with van der Waals surface area (Å²) in [6.45, 7) is 10.1. The summed E-state index contributed by atoms with van der Waals surface area (Å²) in [5.41, 5.74) is 3.26. The van der Waals surface area contributed by atoms with Gasteiger partial charge in [-0.3, -0.25) is 15.1 Å². The van der Waals surface area contributed by atoms with Crippen LogP contribution in [0.15, 0.2) is 24.4 Å². The average Bonchev–Trinajstić information content (AvgIpc) is 2.78. The minimum Gasteiger partial charge on any atom is -0.466 e. The third-order valence-electron chi connectivity index (χ3n) is 3.19. The van der Waals surface area contributed by atoms with Crippen LogP contribution in [-0.4, -0.2) is 19.7 Å². The van der Waals surface area contributed by atoms with E-state index in [0.717, 1.165) is 0 Å². The van der Waals surface area contributed by atoms with E-state index in [0.29, 0.717) is 12.3 Å². The molecule has 0 radical (unpaired) electrons. The van der Waals surface area contributed by atoms with E-state index in [1.54, 1.807) is 0 Å². The third kappa shape index (κ3) is 3.09. The Kier molecular flexibility index (Phi) is 4.34. The van der Waals surface area contributed by atoms with Crippen molar-refractivity contribution in [3.63, 3.8) is 0 Å². The summed E-state index contributed by atoms with van der Waals surface area (Å²) in [4.78, 5) is 16.4. The zero-order chi connectivity index (χ0) is 13.1. The second kappa shape index (κ2) is 5.36. The van der Waals surface area contributed by atoms with E-state index >= 15 is 0 Å². The predicted octanol–water partition coefficient (Wildman–Crippen LogP) is 2.04. The lowest BCUT2D eigenvalue weighted by Gasteiger charge is -2.01. The fourth-order valence-corrected chi connectivity index (χ4v) is 2.10. The number of carbonyl (C=O) groups is 1. The molecule has 17 heavy (non-hydrogen) atoms. The van der Waals surface area contributed by atoms with Gasteiger partial charge in [0.25, 0.3) is 0 Å². The Labute approximate surface area is 103 Å². The summed E-state index contributed by atoms with van der Waals surface area (Å²) in [6.07, 6.45) is 3.81. The predicted molar refractivity (Wildman–Crippen MR) is 65.8 cm³/mol. The number of hydrogen-bond donors (Lipinski definition) is 1. The van der Waals surface area contributed by atoms with Crippen LogP contribution in [0.2, 0.25) is 0 Å². The van der Waals surface area contributed by atoms with Crippen molar-refractivity contribution in [1.29, 1.82) is 0 Å². The van der Waals surface area contributed by atoms with Gasteiger partial charge in [0.15, 0.2) is 0 Å². The first-order valence-electron chi connectivity index (χ1n) is 5.77. The van der Waals surface area contributed by atoms with Gasteiger partial charge in [0.1, 0.15) is 0 Å². The maximum atomic E-state index is 11.7. The van der Waals surface area contributed by atoms with E-state index in [-0.39, 0.29) is 23.2 Å². The lowest BCUT2D eigenvalue weighted by Crippen LogP contribution is -2.10. The monoisotopic (exact) mass is 239 g/mol. The first-order chi connectivity index (χ1) is 7.95. The highest BCUT2D eigenvalue weighted by atomic mass is 16.6. The van der Waals surface area contributed by atoms with E-state index in [2.05, 4.69) is 25.9 Å². The van der Waals surface area contributed by atoms with E-state index in [9.17, 15) is 4.79 Å². The molecule has 0 amide bonds. The fraction of sp³-hybridized carbons (Fsp3) is 0.615. The van der Waals surface area contributed by atoms with Crippen LogP contribution in [0.1, 0.15) is 20.8 Å². The molecular weight excluding hydrogens is 218 g/mol. The lowest BCUT2D eigenvalue weighted by molar-refractivity contribution is -0.145. The van der Waals surface area contributed by atoms with Crippen LogP contribution in [0.25, 0.3) is 0 Å². The summed E-state index contributed by atoms with van der Waals surface area (Å²) in [5, 5.41) is 0. The van der Waals surface area contributed by atoms with Crippen molar-refractivity contribution in [2.45, 2.75) is 20.8 Å². The van der Waals surface area contributed by atoms with Gasteiger partial charge < -0.3 is 4.74 Å². The Morgan fingerprint density at radius 2 is 2.18 bits per heavy atom. The molecular formula is C13H21NO3. The second-order valence-electron chi connectivity index (χ2n) is 4.77. The molecule has 0 aromatic carbocycles. The second-order valence-corrected chi connectivity index (χ2v) is 4.77. The normalized spacial score (nSPS) is 25.6. The zero-order valence-corrected chi connectivity index (χ0v) is 10.9. The molecule has 4 heteroatoms. The summed E-state index contributed by atoms with van der Waals surface area (Å²) in [7, 11) is 1.53. The molecule has 0 saturated heterocycles. The fourth-order valence-electron chi connectivity index (χ4n) is 2.10. The molecule has 1 rings (SSSR count). The highest BCUT2D eigenvalue weighted by molar-refractivity contribution is 5.78. The third-order valence-corrected chi connectivity index (χ3v) is 3.19. The molecule has 0 aromatic rings. The van der Waals surface area contributed by atoms with Crippen LogP contribution in [-0.2, 0) is 14.4 Å². The molecule has 0 heterocycles. The minimum atomic E-state index is -0.113. The van der Waals surface area contributed by atoms with Crippen molar-refractivity contribution in [2.24, 2.45) is 17.3 Å². The van der Waals surface area contributed by atoms with Gasteiger partial charge in [-0.05, 0) is 24.3 Å². The first kappa shape index (κ1) is 13.8. The van der Waals surface area contributed by atoms with Gasteiger partial charge in [0, 0.05) is 0 Å². The van der Waals surface area contributed by atoms with Gasteiger partial charge >= 0.3 is 5.97 Å². The topological polar surface area (TPSA) is 47.6 Å². The van der Waals surface area contributed by atoms with Gasteiger partial charge in [-0.25, -0.2) is 0 Å². The number of carbonyl (C=O) groups excluding carboxylic acids is 1. The van der Waals surface area contributed by atoms with Gasteiger partial charge in [0.05, 0.1) is 25.3 Å². The lowest BCUT2D eigenvalue weighted by atomic mass is 10.1. The maximum Gasteiger partial charge on any atom is 0.310 e. The quantitative estimate of drug-likeness (QED) is 0.438. The van der Waals surface area contributed by atoms with E-state index < -0.39 is 0 Å². The molecule has 1 aliphatic carbocycles. The van der Waals surface area contributed by atoms with Crippen molar-refractivity contribution in [3.05, 3.63) is 24.4 Å². The van der Waals surface area contributed by atoms with Crippen LogP contribution < -0.4 is 5.48 Å². The molecule has 2 atom stereocenters. The minimum absolute atomic E-state index is 0.0316. The highest BCUT2D eigenvalue weighted by Crippen LogP contribution is 2.59. The molecule has 0 aromatic heterocycles. The molecule has 96 valence electrons.